The minimum absolute atomic E-state index is 0.212. The molecule has 1 aromatic rings. The molecular formula is C15H19FN2O3. The predicted molar refractivity (Wildman–Crippen MR) is 75.3 cm³/mol. The van der Waals surface area contributed by atoms with Crippen molar-refractivity contribution >= 4 is 11.8 Å². The summed E-state index contributed by atoms with van der Waals surface area (Å²) in [6.45, 7) is 3.02. The average molecular weight is 294 g/mol. The number of hydrogen-bond donors (Lipinski definition) is 1. The Labute approximate surface area is 123 Å². The van der Waals surface area contributed by atoms with Gasteiger partial charge in [0.1, 0.15) is 11.4 Å². The van der Waals surface area contributed by atoms with Gasteiger partial charge >= 0.3 is 0 Å². The Morgan fingerprint density at radius 3 is 2.81 bits per heavy atom. The van der Waals surface area contributed by atoms with Crippen molar-refractivity contribution in [2.24, 2.45) is 0 Å². The van der Waals surface area contributed by atoms with Crippen LogP contribution >= 0.6 is 0 Å². The number of likely N-dealkylation sites (tertiary alicyclic amines) is 1. The number of methoxy groups -OCH3 is 1. The van der Waals surface area contributed by atoms with Crippen molar-refractivity contribution in [3.63, 3.8) is 0 Å². The standard InChI is InChI=1S/C15H19FN2O3/c1-15(14(20)17-7-9-21-2)6-8-18(15)13(19)11-4-3-5-12(16)10-11/h3-5,10H,6-9H2,1-2H3,(H,17,20). The van der Waals surface area contributed by atoms with Gasteiger partial charge < -0.3 is 15.0 Å². The second-order valence-corrected chi connectivity index (χ2v) is 5.24. The van der Waals surface area contributed by atoms with Crippen LogP contribution in [-0.4, -0.2) is 49.1 Å². The third-order valence-corrected chi connectivity index (χ3v) is 3.82. The van der Waals surface area contributed by atoms with Crippen LogP contribution in [-0.2, 0) is 9.53 Å². The van der Waals surface area contributed by atoms with Crippen LogP contribution in [0.25, 0.3) is 0 Å². The Morgan fingerprint density at radius 2 is 2.24 bits per heavy atom. The molecule has 0 aromatic heterocycles. The summed E-state index contributed by atoms with van der Waals surface area (Å²) in [5, 5.41) is 2.74. The smallest absolute Gasteiger partial charge is 0.254 e. The van der Waals surface area contributed by atoms with E-state index in [0.29, 0.717) is 26.1 Å². The summed E-state index contributed by atoms with van der Waals surface area (Å²) in [4.78, 5) is 26.1. The van der Waals surface area contributed by atoms with Gasteiger partial charge in [0.05, 0.1) is 6.61 Å². The number of halogens is 1. The van der Waals surface area contributed by atoms with E-state index < -0.39 is 11.4 Å². The van der Waals surface area contributed by atoms with Crippen LogP contribution < -0.4 is 5.32 Å². The van der Waals surface area contributed by atoms with Gasteiger partial charge in [-0.05, 0) is 31.5 Å². The molecule has 0 radical (unpaired) electrons. The number of carbonyl (C=O) groups excluding carboxylic acids is 2. The first kappa shape index (κ1) is 15.4. The Kier molecular flexibility index (Phi) is 4.57. The Balaban J connectivity index is 2.06. The number of hydrogen-bond acceptors (Lipinski definition) is 3. The molecule has 114 valence electrons. The molecule has 0 saturated carbocycles. The van der Waals surface area contributed by atoms with Gasteiger partial charge in [0.15, 0.2) is 0 Å². The zero-order valence-corrected chi connectivity index (χ0v) is 12.2. The Morgan fingerprint density at radius 1 is 1.48 bits per heavy atom. The molecule has 1 aliphatic heterocycles. The molecule has 1 heterocycles. The maximum Gasteiger partial charge on any atom is 0.254 e. The highest BCUT2D eigenvalue weighted by Crippen LogP contribution is 2.32. The fourth-order valence-corrected chi connectivity index (χ4v) is 2.36. The third-order valence-electron chi connectivity index (χ3n) is 3.82. The van der Waals surface area contributed by atoms with Gasteiger partial charge in [-0.3, -0.25) is 9.59 Å². The number of nitrogens with zero attached hydrogens (tertiary/aromatic N) is 1. The first-order chi connectivity index (χ1) is 9.99. The highest BCUT2D eigenvalue weighted by Gasteiger charge is 2.49. The maximum atomic E-state index is 13.2. The van der Waals surface area contributed by atoms with Gasteiger partial charge in [0.2, 0.25) is 5.91 Å². The average Bonchev–Trinajstić information content (AvgIpc) is 2.45. The summed E-state index contributed by atoms with van der Waals surface area (Å²) >= 11 is 0. The first-order valence-corrected chi connectivity index (χ1v) is 6.84. The van der Waals surface area contributed by atoms with Gasteiger partial charge in [-0.25, -0.2) is 4.39 Å². The minimum atomic E-state index is -0.878. The van der Waals surface area contributed by atoms with Crippen LogP contribution in [0, 0.1) is 5.82 Å². The fourth-order valence-electron chi connectivity index (χ4n) is 2.36. The normalized spacial score (nSPS) is 20.8. The van der Waals surface area contributed by atoms with Crippen LogP contribution in [0.4, 0.5) is 4.39 Å². The van der Waals surface area contributed by atoms with Crippen molar-refractivity contribution in [1.29, 1.82) is 0 Å². The van der Waals surface area contributed by atoms with E-state index in [2.05, 4.69) is 5.32 Å². The van der Waals surface area contributed by atoms with Gasteiger partial charge in [0.25, 0.3) is 5.91 Å². The van der Waals surface area contributed by atoms with Gasteiger partial charge in [-0.15, -0.1) is 0 Å². The van der Waals surface area contributed by atoms with Crippen molar-refractivity contribution in [2.75, 3.05) is 26.8 Å². The number of benzene rings is 1. The first-order valence-electron chi connectivity index (χ1n) is 6.84. The number of ether oxygens (including phenoxy) is 1. The van der Waals surface area contributed by atoms with E-state index in [4.69, 9.17) is 4.74 Å². The SMILES string of the molecule is COCCNC(=O)C1(C)CCN1C(=O)c1cccc(F)c1. The molecule has 1 aliphatic rings. The molecule has 1 fully saturated rings. The van der Waals surface area contributed by atoms with Crippen molar-refractivity contribution < 1.29 is 18.7 Å². The summed E-state index contributed by atoms with van der Waals surface area (Å²) in [6, 6.07) is 5.50. The van der Waals surface area contributed by atoms with Crippen molar-refractivity contribution in [3.05, 3.63) is 35.6 Å². The molecule has 1 atom stereocenters. The van der Waals surface area contributed by atoms with E-state index in [1.165, 1.54) is 23.1 Å². The molecule has 0 bridgehead atoms. The zero-order chi connectivity index (χ0) is 15.5. The van der Waals surface area contributed by atoms with Crippen molar-refractivity contribution in [1.82, 2.24) is 10.2 Å². The summed E-state index contributed by atoms with van der Waals surface area (Å²) in [5.41, 5.74) is -0.623. The molecule has 6 heteroatoms. The highest BCUT2D eigenvalue weighted by molar-refractivity contribution is 6.00. The summed E-state index contributed by atoms with van der Waals surface area (Å²) in [6.07, 6.45) is 0.590. The molecule has 0 aliphatic carbocycles. The van der Waals surface area contributed by atoms with Crippen molar-refractivity contribution in [3.8, 4) is 0 Å². The number of amides is 2. The number of carbonyl (C=O) groups is 2. The van der Waals surface area contributed by atoms with Crippen LogP contribution in [0.3, 0.4) is 0 Å². The Bertz CT molecular complexity index is 549. The zero-order valence-electron chi connectivity index (χ0n) is 12.2. The quantitative estimate of drug-likeness (QED) is 0.830. The fraction of sp³-hybridized carbons (Fsp3) is 0.467. The van der Waals surface area contributed by atoms with Crippen LogP contribution in [0.1, 0.15) is 23.7 Å². The lowest BCUT2D eigenvalue weighted by Gasteiger charge is -2.49. The van der Waals surface area contributed by atoms with Gasteiger partial charge in [-0.1, -0.05) is 6.07 Å². The van der Waals surface area contributed by atoms with E-state index in [0.717, 1.165) is 0 Å². The second kappa shape index (κ2) is 6.22. The lowest BCUT2D eigenvalue weighted by atomic mass is 9.84. The molecule has 2 amide bonds. The lowest BCUT2D eigenvalue weighted by Crippen LogP contribution is -2.67. The highest BCUT2D eigenvalue weighted by atomic mass is 19.1. The van der Waals surface area contributed by atoms with Crippen LogP contribution in [0.2, 0.25) is 0 Å². The summed E-state index contributed by atoms with van der Waals surface area (Å²) in [5.74, 6) is -1.01. The maximum absolute atomic E-state index is 13.2. The lowest BCUT2D eigenvalue weighted by molar-refractivity contribution is -0.137. The molecule has 1 unspecified atom stereocenters. The molecule has 5 nitrogen and oxygen atoms in total. The van der Waals surface area contributed by atoms with Crippen LogP contribution in [0.15, 0.2) is 24.3 Å². The molecule has 1 saturated heterocycles. The second-order valence-electron chi connectivity index (χ2n) is 5.24. The molecule has 1 aromatic carbocycles. The number of nitrogens with one attached hydrogen (secondary N) is 1. The van der Waals surface area contributed by atoms with Crippen LogP contribution in [0.5, 0.6) is 0 Å². The molecule has 1 N–H and O–H groups in total. The van der Waals surface area contributed by atoms with E-state index in [9.17, 15) is 14.0 Å². The summed E-state index contributed by atoms with van der Waals surface area (Å²) < 4.78 is 18.1. The predicted octanol–water partition coefficient (Wildman–Crippen LogP) is 1.19. The Hall–Kier alpha value is -1.95. The largest absolute Gasteiger partial charge is 0.383 e. The van der Waals surface area contributed by atoms with Gasteiger partial charge in [0, 0.05) is 25.8 Å². The monoisotopic (exact) mass is 294 g/mol. The molecule has 2 rings (SSSR count). The van der Waals surface area contributed by atoms with E-state index in [1.807, 2.05) is 0 Å². The number of rotatable bonds is 5. The molecule has 21 heavy (non-hydrogen) atoms. The topological polar surface area (TPSA) is 58.6 Å². The van der Waals surface area contributed by atoms with E-state index >= 15 is 0 Å². The summed E-state index contributed by atoms with van der Waals surface area (Å²) in [7, 11) is 1.55. The molecular weight excluding hydrogens is 275 g/mol. The van der Waals surface area contributed by atoms with Gasteiger partial charge in [-0.2, -0.15) is 0 Å². The van der Waals surface area contributed by atoms with E-state index in [-0.39, 0.29) is 17.4 Å². The minimum Gasteiger partial charge on any atom is -0.383 e. The van der Waals surface area contributed by atoms with Crippen molar-refractivity contribution in [2.45, 2.75) is 18.9 Å². The molecule has 0 spiro atoms. The third kappa shape index (κ3) is 3.05. The van der Waals surface area contributed by atoms with E-state index in [1.54, 1.807) is 20.1 Å².